The van der Waals surface area contributed by atoms with Crippen molar-refractivity contribution in [1.82, 2.24) is 0 Å². The van der Waals surface area contributed by atoms with Crippen molar-refractivity contribution >= 4 is 0 Å². The Hall–Kier alpha value is -1.68. The first-order chi connectivity index (χ1) is 8.24. The standard InChI is InChI=1S/C16H20O/c1-14(2)8-6-11-15-9-4-5-10-16(15)12-7-13-17-3/h4-5,7,9-10,13-14H,11-12H2,1-3H3/b13-7+. The fourth-order valence-corrected chi connectivity index (χ4v) is 1.55. The van der Waals surface area contributed by atoms with Crippen molar-refractivity contribution in [3.63, 3.8) is 0 Å². The Bertz CT molecular complexity index is 419. The minimum Gasteiger partial charge on any atom is -0.505 e. The largest absolute Gasteiger partial charge is 0.505 e. The van der Waals surface area contributed by atoms with E-state index in [-0.39, 0.29) is 0 Å². The average molecular weight is 228 g/mol. The monoisotopic (exact) mass is 228 g/mol. The van der Waals surface area contributed by atoms with Crippen molar-refractivity contribution in [1.29, 1.82) is 0 Å². The summed E-state index contributed by atoms with van der Waals surface area (Å²) in [5.41, 5.74) is 2.63. The van der Waals surface area contributed by atoms with Gasteiger partial charge in [0.2, 0.25) is 0 Å². The molecular formula is C16H20O. The third kappa shape index (κ3) is 5.26. The van der Waals surface area contributed by atoms with E-state index in [0.29, 0.717) is 5.92 Å². The minimum absolute atomic E-state index is 0.440. The van der Waals surface area contributed by atoms with Crippen LogP contribution in [0.3, 0.4) is 0 Å². The Kier molecular flexibility index (Phi) is 5.96. The Morgan fingerprint density at radius 1 is 1.24 bits per heavy atom. The van der Waals surface area contributed by atoms with Crippen LogP contribution in [0.4, 0.5) is 0 Å². The molecule has 90 valence electrons. The highest BCUT2D eigenvalue weighted by Gasteiger charge is 1.98. The summed E-state index contributed by atoms with van der Waals surface area (Å²) in [6, 6.07) is 8.42. The number of hydrogen-bond donors (Lipinski definition) is 0. The normalized spacial score (nSPS) is 10.4. The van der Waals surface area contributed by atoms with Crippen LogP contribution in [0, 0.1) is 17.8 Å². The molecule has 0 fully saturated rings. The van der Waals surface area contributed by atoms with Crippen molar-refractivity contribution in [3.8, 4) is 11.8 Å². The second kappa shape index (κ2) is 7.57. The molecule has 0 saturated heterocycles. The zero-order valence-electron chi connectivity index (χ0n) is 10.9. The molecule has 0 radical (unpaired) electrons. The van der Waals surface area contributed by atoms with Gasteiger partial charge in [0.05, 0.1) is 13.4 Å². The maximum Gasteiger partial charge on any atom is 0.0788 e. The molecule has 1 aromatic carbocycles. The summed E-state index contributed by atoms with van der Waals surface area (Å²) in [5.74, 6) is 6.86. The number of methoxy groups -OCH3 is 1. The highest BCUT2D eigenvalue weighted by Crippen LogP contribution is 2.10. The van der Waals surface area contributed by atoms with Crippen LogP contribution in [0.15, 0.2) is 36.6 Å². The molecule has 0 spiro atoms. The third-order valence-electron chi connectivity index (χ3n) is 2.36. The molecule has 0 aliphatic rings. The molecule has 1 aromatic rings. The highest BCUT2D eigenvalue weighted by atomic mass is 16.5. The zero-order valence-corrected chi connectivity index (χ0v) is 10.9. The van der Waals surface area contributed by atoms with Gasteiger partial charge in [0, 0.05) is 12.3 Å². The fourth-order valence-electron chi connectivity index (χ4n) is 1.55. The summed E-state index contributed by atoms with van der Waals surface area (Å²) in [7, 11) is 1.66. The van der Waals surface area contributed by atoms with Gasteiger partial charge in [-0.25, -0.2) is 0 Å². The molecule has 0 heterocycles. The maximum absolute atomic E-state index is 4.91. The summed E-state index contributed by atoms with van der Waals surface area (Å²) in [4.78, 5) is 0. The van der Waals surface area contributed by atoms with Crippen molar-refractivity contribution in [3.05, 3.63) is 47.7 Å². The predicted octanol–water partition coefficient (Wildman–Crippen LogP) is 3.59. The number of benzene rings is 1. The van der Waals surface area contributed by atoms with Gasteiger partial charge in [0.15, 0.2) is 0 Å². The Labute approximate surface area is 105 Å². The molecule has 0 saturated carbocycles. The molecule has 0 aromatic heterocycles. The van der Waals surface area contributed by atoms with Crippen LogP contribution in [0.2, 0.25) is 0 Å². The van der Waals surface area contributed by atoms with Crippen molar-refractivity contribution in [2.24, 2.45) is 5.92 Å². The molecule has 0 aliphatic carbocycles. The number of rotatable bonds is 4. The van der Waals surface area contributed by atoms with E-state index in [1.54, 1.807) is 13.4 Å². The van der Waals surface area contributed by atoms with Gasteiger partial charge in [-0.3, -0.25) is 0 Å². The van der Waals surface area contributed by atoms with Gasteiger partial charge >= 0.3 is 0 Å². The zero-order chi connectivity index (χ0) is 12.5. The molecule has 17 heavy (non-hydrogen) atoms. The maximum atomic E-state index is 4.91. The van der Waals surface area contributed by atoms with E-state index in [0.717, 1.165) is 12.8 Å². The lowest BCUT2D eigenvalue weighted by Gasteiger charge is -2.03. The molecule has 0 atom stereocenters. The quantitative estimate of drug-likeness (QED) is 0.565. The van der Waals surface area contributed by atoms with Crippen molar-refractivity contribution in [2.45, 2.75) is 26.7 Å². The van der Waals surface area contributed by atoms with Crippen LogP contribution in [-0.4, -0.2) is 7.11 Å². The van der Waals surface area contributed by atoms with Crippen LogP contribution in [0.25, 0.3) is 0 Å². The van der Waals surface area contributed by atoms with Gasteiger partial charge in [-0.05, 0) is 23.6 Å². The number of hydrogen-bond acceptors (Lipinski definition) is 1. The lowest BCUT2D eigenvalue weighted by atomic mass is 10.0. The van der Waals surface area contributed by atoms with Crippen LogP contribution in [0.1, 0.15) is 25.0 Å². The van der Waals surface area contributed by atoms with Gasteiger partial charge in [0.1, 0.15) is 0 Å². The molecule has 0 N–H and O–H groups in total. The van der Waals surface area contributed by atoms with E-state index in [4.69, 9.17) is 4.74 Å². The van der Waals surface area contributed by atoms with Crippen LogP contribution in [0.5, 0.6) is 0 Å². The molecule has 0 amide bonds. The van der Waals surface area contributed by atoms with E-state index < -0.39 is 0 Å². The molecule has 0 aliphatic heterocycles. The molecule has 1 rings (SSSR count). The third-order valence-corrected chi connectivity index (χ3v) is 2.36. The lowest BCUT2D eigenvalue weighted by Crippen LogP contribution is -1.92. The molecular weight excluding hydrogens is 208 g/mol. The molecule has 1 heteroatoms. The van der Waals surface area contributed by atoms with Gasteiger partial charge in [-0.1, -0.05) is 44.0 Å². The first-order valence-corrected chi connectivity index (χ1v) is 5.97. The average Bonchev–Trinajstić information content (AvgIpc) is 2.31. The smallest absolute Gasteiger partial charge is 0.0788 e. The summed E-state index contributed by atoms with van der Waals surface area (Å²) in [5, 5.41) is 0. The van der Waals surface area contributed by atoms with E-state index in [1.807, 2.05) is 6.08 Å². The van der Waals surface area contributed by atoms with Gasteiger partial charge in [0.25, 0.3) is 0 Å². The second-order valence-electron chi connectivity index (χ2n) is 4.23. The number of allylic oxidation sites excluding steroid dienone is 1. The fraction of sp³-hybridized carbons (Fsp3) is 0.375. The first-order valence-electron chi connectivity index (χ1n) is 5.97. The Morgan fingerprint density at radius 2 is 1.94 bits per heavy atom. The first kappa shape index (κ1) is 13.4. The van der Waals surface area contributed by atoms with Crippen LogP contribution >= 0.6 is 0 Å². The van der Waals surface area contributed by atoms with E-state index in [1.165, 1.54) is 11.1 Å². The van der Waals surface area contributed by atoms with Gasteiger partial charge in [-0.15, -0.1) is 5.92 Å². The second-order valence-corrected chi connectivity index (χ2v) is 4.23. The van der Waals surface area contributed by atoms with Gasteiger partial charge < -0.3 is 4.74 Å². The van der Waals surface area contributed by atoms with E-state index in [2.05, 4.69) is 50.0 Å². The Morgan fingerprint density at radius 3 is 2.59 bits per heavy atom. The van der Waals surface area contributed by atoms with Crippen LogP contribution < -0.4 is 0 Å². The van der Waals surface area contributed by atoms with E-state index in [9.17, 15) is 0 Å². The van der Waals surface area contributed by atoms with Crippen molar-refractivity contribution in [2.75, 3.05) is 7.11 Å². The lowest BCUT2D eigenvalue weighted by molar-refractivity contribution is 0.337. The molecule has 0 unspecified atom stereocenters. The van der Waals surface area contributed by atoms with Crippen molar-refractivity contribution < 1.29 is 4.74 Å². The number of ether oxygens (including phenoxy) is 1. The topological polar surface area (TPSA) is 9.23 Å². The summed E-state index contributed by atoms with van der Waals surface area (Å²) in [6.45, 7) is 4.22. The Balaban J connectivity index is 2.71. The summed E-state index contributed by atoms with van der Waals surface area (Å²) in [6.07, 6.45) is 5.47. The highest BCUT2D eigenvalue weighted by molar-refractivity contribution is 5.32. The molecule has 1 nitrogen and oxygen atoms in total. The molecule has 0 bridgehead atoms. The van der Waals surface area contributed by atoms with E-state index >= 15 is 0 Å². The SMILES string of the molecule is CO/C=C/Cc1ccccc1CC#CC(C)C. The predicted molar refractivity (Wildman–Crippen MR) is 72.6 cm³/mol. The van der Waals surface area contributed by atoms with Gasteiger partial charge in [-0.2, -0.15) is 0 Å². The summed E-state index contributed by atoms with van der Waals surface area (Å²) < 4.78 is 4.91. The summed E-state index contributed by atoms with van der Waals surface area (Å²) >= 11 is 0. The minimum atomic E-state index is 0.440. The van der Waals surface area contributed by atoms with Crippen LogP contribution in [-0.2, 0) is 17.6 Å².